The second-order valence-corrected chi connectivity index (χ2v) is 9.31. The molecule has 0 aliphatic rings. The molecule has 1 N–H and O–H groups in total. The first kappa shape index (κ1) is 24.9. The highest BCUT2D eigenvalue weighted by Crippen LogP contribution is 2.22. The van der Waals surface area contributed by atoms with Crippen molar-refractivity contribution in [1.29, 1.82) is 0 Å². The maximum Gasteiger partial charge on any atom is 0.242 e. The molecule has 0 fully saturated rings. The summed E-state index contributed by atoms with van der Waals surface area (Å²) < 4.78 is 0. The van der Waals surface area contributed by atoms with Gasteiger partial charge in [-0.15, -0.1) is 11.8 Å². The molecule has 0 aliphatic heterocycles. The maximum atomic E-state index is 13.5. The molecule has 0 saturated heterocycles. The summed E-state index contributed by atoms with van der Waals surface area (Å²) in [7, 11) is 1.61. The van der Waals surface area contributed by atoms with Crippen LogP contribution < -0.4 is 5.32 Å². The van der Waals surface area contributed by atoms with E-state index in [1.165, 1.54) is 11.8 Å². The molecule has 0 saturated carbocycles. The number of likely N-dealkylation sites (N-methyl/N-ethyl adjacent to an activating group) is 1. The van der Waals surface area contributed by atoms with Crippen LogP contribution in [0.3, 0.4) is 0 Å². The summed E-state index contributed by atoms with van der Waals surface area (Å²) in [5, 5.41) is 3.45. The van der Waals surface area contributed by atoms with Gasteiger partial charge in [-0.1, -0.05) is 90.0 Å². The van der Waals surface area contributed by atoms with Crippen LogP contribution >= 0.6 is 23.4 Å². The Labute approximate surface area is 205 Å². The van der Waals surface area contributed by atoms with Gasteiger partial charge < -0.3 is 10.2 Å². The summed E-state index contributed by atoms with van der Waals surface area (Å²) in [6, 6.07) is 24.9. The van der Waals surface area contributed by atoms with E-state index < -0.39 is 6.04 Å². The van der Waals surface area contributed by atoms with Gasteiger partial charge in [-0.25, -0.2) is 0 Å². The van der Waals surface area contributed by atoms with Gasteiger partial charge in [-0.05, 0) is 29.7 Å². The number of hydrogen-bond acceptors (Lipinski definition) is 3. The van der Waals surface area contributed by atoms with E-state index >= 15 is 0 Å². The minimum Gasteiger partial charge on any atom is -0.357 e. The van der Waals surface area contributed by atoms with Crippen LogP contribution in [0.25, 0.3) is 0 Å². The summed E-state index contributed by atoms with van der Waals surface area (Å²) in [5.41, 5.74) is 4.13. The van der Waals surface area contributed by atoms with Crippen LogP contribution in [0, 0.1) is 6.92 Å². The smallest absolute Gasteiger partial charge is 0.242 e. The lowest BCUT2D eigenvalue weighted by Gasteiger charge is -2.31. The topological polar surface area (TPSA) is 49.4 Å². The molecule has 0 aromatic heterocycles. The number of benzene rings is 3. The van der Waals surface area contributed by atoms with Crippen LogP contribution in [0.4, 0.5) is 0 Å². The van der Waals surface area contributed by atoms with Crippen molar-refractivity contribution < 1.29 is 9.59 Å². The molecule has 3 rings (SSSR count). The number of nitrogens with one attached hydrogen (secondary N) is 1. The molecule has 0 aliphatic carbocycles. The summed E-state index contributed by atoms with van der Waals surface area (Å²) in [4.78, 5) is 28.1. The number of aryl methyl sites for hydroxylation is 1. The number of rotatable bonds is 10. The molecule has 6 heteroatoms. The van der Waals surface area contributed by atoms with Gasteiger partial charge >= 0.3 is 0 Å². The third-order valence-corrected chi connectivity index (χ3v) is 6.73. The molecule has 0 spiro atoms. The van der Waals surface area contributed by atoms with E-state index in [2.05, 4.69) is 11.4 Å². The maximum absolute atomic E-state index is 13.5. The zero-order valence-electron chi connectivity index (χ0n) is 19.0. The van der Waals surface area contributed by atoms with E-state index in [9.17, 15) is 9.59 Å². The van der Waals surface area contributed by atoms with Gasteiger partial charge in [-0.2, -0.15) is 0 Å². The summed E-state index contributed by atoms with van der Waals surface area (Å²) in [6.07, 6.45) is 0.452. The Hall–Kier alpha value is -2.76. The minimum atomic E-state index is -0.605. The van der Waals surface area contributed by atoms with E-state index in [1.54, 1.807) is 11.9 Å². The predicted molar refractivity (Wildman–Crippen MR) is 137 cm³/mol. The zero-order valence-corrected chi connectivity index (χ0v) is 20.5. The molecule has 4 nitrogen and oxygen atoms in total. The van der Waals surface area contributed by atoms with Gasteiger partial charge in [0.05, 0.1) is 5.75 Å². The molecule has 33 heavy (non-hydrogen) atoms. The standard InChI is InChI=1S/C27H29ClN2O2S/c1-20-9-8-12-22(15-20)17-30(25(27(32)29-2)16-21-10-4-3-5-11-21)26(31)19-33-18-23-13-6-7-14-24(23)28/h3-15,25H,16-19H2,1-2H3,(H,29,32). The molecule has 2 amide bonds. The van der Waals surface area contributed by atoms with Crippen molar-refractivity contribution in [3.05, 3.63) is 106 Å². The van der Waals surface area contributed by atoms with Crippen molar-refractivity contribution in [2.24, 2.45) is 0 Å². The van der Waals surface area contributed by atoms with Gasteiger partial charge in [-0.3, -0.25) is 9.59 Å². The Bertz CT molecular complexity index is 1070. The Balaban J connectivity index is 1.81. The first-order valence-corrected chi connectivity index (χ1v) is 12.4. The van der Waals surface area contributed by atoms with Crippen LogP contribution in [0.1, 0.15) is 22.3 Å². The highest BCUT2D eigenvalue weighted by atomic mass is 35.5. The van der Waals surface area contributed by atoms with Gasteiger partial charge in [0.15, 0.2) is 0 Å². The monoisotopic (exact) mass is 480 g/mol. The lowest BCUT2D eigenvalue weighted by Crippen LogP contribution is -2.50. The van der Waals surface area contributed by atoms with Gasteiger partial charge in [0.2, 0.25) is 11.8 Å². The fourth-order valence-electron chi connectivity index (χ4n) is 3.67. The highest BCUT2D eigenvalue weighted by molar-refractivity contribution is 7.99. The van der Waals surface area contributed by atoms with E-state index in [0.717, 1.165) is 22.3 Å². The van der Waals surface area contributed by atoms with Crippen molar-refractivity contribution in [2.75, 3.05) is 12.8 Å². The van der Waals surface area contributed by atoms with E-state index in [1.807, 2.05) is 79.7 Å². The highest BCUT2D eigenvalue weighted by Gasteiger charge is 2.29. The fraction of sp³-hybridized carbons (Fsp3) is 0.259. The summed E-state index contributed by atoms with van der Waals surface area (Å²) in [6.45, 7) is 2.40. The summed E-state index contributed by atoms with van der Waals surface area (Å²) in [5.74, 6) is 0.654. The molecule has 3 aromatic carbocycles. The Kier molecular flexibility index (Phi) is 9.40. The molecule has 0 bridgehead atoms. The zero-order chi connectivity index (χ0) is 23.6. The molecular formula is C27H29ClN2O2S. The number of nitrogens with zero attached hydrogens (tertiary/aromatic N) is 1. The van der Waals surface area contributed by atoms with Crippen molar-refractivity contribution in [3.63, 3.8) is 0 Å². The van der Waals surface area contributed by atoms with Crippen LogP contribution in [0.15, 0.2) is 78.9 Å². The number of hydrogen-bond donors (Lipinski definition) is 1. The third kappa shape index (κ3) is 7.37. The second kappa shape index (κ2) is 12.5. The Morgan fingerprint density at radius 3 is 2.36 bits per heavy atom. The van der Waals surface area contributed by atoms with Crippen LogP contribution in [-0.2, 0) is 28.3 Å². The normalized spacial score (nSPS) is 11.6. The molecule has 1 atom stereocenters. The minimum absolute atomic E-state index is 0.0712. The van der Waals surface area contributed by atoms with Crippen LogP contribution in [0.5, 0.6) is 0 Å². The molecule has 0 radical (unpaired) electrons. The van der Waals surface area contributed by atoms with Gasteiger partial charge in [0.1, 0.15) is 6.04 Å². The first-order chi connectivity index (χ1) is 16.0. The average Bonchev–Trinajstić information content (AvgIpc) is 2.82. The number of carbonyl (C=O) groups is 2. The van der Waals surface area contributed by atoms with E-state index in [4.69, 9.17) is 11.6 Å². The molecule has 172 valence electrons. The Morgan fingerprint density at radius 1 is 0.970 bits per heavy atom. The largest absolute Gasteiger partial charge is 0.357 e. The molecular weight excluding hydrogens is 452 g/mol. The van der Waals surface area contributed by atoms with Crippen molar-refractivity contribution in [2.45, 2.75) is 31.7 Å². The number of halogens is 1. The van der Waals surface area contributed by atoms with Gasteiger partial charge in [0.25, 0.3) is 0 Å². The van der Waals surface area contributed by atoms with Crippen LogP contribution in [-0.4, -0.2) is 35.6 Å². The summed E-state index contributed by atoms with van der Waals surface area (Å²) >= 11 is 7.77. The van der Waals surface area contributed by atoms with Crippen molar-refractivity contribution >= 4 is 35.2 Å². The predicted octanol–water partition coefficient (Wildman–Crippen LogP) is 5.27. The lowest BCUT2D eigenvalue weighted by molar-refractivity contribution is -0.139. The third-order valence-electron chi connectivity index (χ3n) is 5.39. The molecule has 0 heterocycles. The van der Waals surface area contributed by atoms with Crippen molar-refractivity contribution in [3.8, 4) is 0 Å². The van der Waals surface area contributed by atoms with Gasteiger partial charge in [0, 0.05) is 30.8 Å². The fourth-order valence-corrected chi connectivity index (χ4v) is 4.87. The SMILES string of the molecule is CNC(=O)C(Cc1ccccc1)N(Cc1cccc(C)c1)C(=O)CSCc1ccccc1Cl. The second-order valence-electron chi connectivity index (χ2n) is 7.91. The lowest BCUT2D eigenvalue weighted by atomic mass is 10.0. The quantitative estimate of drug-likeness (QED) is 0.430. The number of carbonyl (C=O) groups excluding carboxylic acids is 2. The average molecular weight is 481 g/mol. The number of thioether (sulfide) groups is 1. The molecule has 1 unspecified atom stereocenters. The van der Waals surface area contributed by atoms with E-state index in [0.29, 0.717) is 23.7 Å². The molecule has 3 aromatic rings. The Morgan fingerprint density at radius 2 is 1.67 bits per heavy atom. The number of amides is 2. The first-order valence-electron chi connectivity index (χ1n) is 10.9. The van der Waals surface area contributed by atoms with Crippen molar-refractivity contribution in [1.82, 2.24) is 10.2 Å². The van der Waals surface area contributed by atoms with Crippen LogP contribution in [0.2, 0.25) is 5.02 Å². The van der Waals surface area contributed by atoms with E-state index in [-0.39, 0.29) is 17.6 Å².